The van der Waals surface area contributed by atoms with Crippen LogP contribution < -0.4 is 5.32 Å². The summed E-state index contributed by atoms with van der Waals surface area (Å²) in [4.78, 5) is 9.67. The van der Waals surface area contributed by atoms with Gasteiger partial charge >= 0.3 is 11.4 Å². The van der Waals surface area contributed by atoms with Crippen molar-refractivity contribution in [2.45, 2.75) is 16.3 Å². The highest BCUT2D eigenvalue weighted by molar-refractivity contribution is 8.00. The average molecular weight is 296 g/mol. The zero-order valence-electron chi connectivity index (χ0n) is 8.96. The molecule has 1 amide bonds. The van der Waals surface area contributed by atoms with Crippen molar-refractivity contribution in [3.05, 3.63) is 23.8 Å². The number of carbonyl (C=O) groups is 1. The van der Waals surface area contributed by atoms with E-state index < -0.39 is 33.7 Å². The number of hydrogen-bond acceptors (Lipinski definition) is 3. The molecule has 0 saturated heterocycles. The molecule has 9 heteroatoms. The molecular formula is C10H5F5N2OS. The second kappa shape index (κ2) is 5.44. The van der Waals surface area contributed by atoms with E-state index in [1.54, 1.807) is 0 Å². The predicted molar refractivity (Wildman–Crippen MR) is 57.7 cm³/mol. The van der Waals surface area contributed by atoms with Gasteiger partial charge in [-0.2, -0.15) is 27.2 Å². The van der Waals surface area contributed by atoms with Crippen LogP contribution in [-0.2, 0) is 4.79 Å². The summed E-state index contributed by atoms with van der Waals surface area (Å²) < 4.78 is 62.0. The highest BCUT2D eigenvalue weighted by Crippen LogP contribution is 2.48. The van der Waals surface area contributed by atoms with Crippen LogP contribution in [0.15, 0.2) is 23.1 Å². The van der Waals surface area contributed by atoms with E-state index in [1.165, 1.54) is 12.1 Å². The first-order chi connectivity index (χ1) is 8.73. The molecule has 1 N–H and O–H groups in total. The molecule has 0 aliphatic rings. The fourth-order valence-electron chi connectivity index (χ4n) is 1.11. The molecule has 0 aromatic heterocycles. The van der Waals surface area contributed by atoms with Crippen LogP contribution >= 0.6 is 11.8 Å². The van der Waals surface area contributed by atoms with Crippen LogP contribution in [0, 0.1) is 11.3 Å². The topological polar surface area (TPSA) is 52.9 Å². The minimum Gasteiger partial charge on any atom is -0.328 e. The first-order valence-corrected chi connectivity index (χ1v) is 5.41. The fourth-order valence-corrected chi connectivity index (χ4v) is 1.91. The normalized spacial score (nSPS) is 11.8. The number of thioether (sulfide) groups is 1. The molecule has 0 aliphatic carbocycles. The lowest BCUT2D eigenvalue weighted by Crippen LogP contribution is -2.32. The van der Waals surface area contributed by atoms with Crippen LogP contribution in [0.2, 0.25) is 0 Å². The fraction of sp³-hybridized carbons (Fsp3) is 0.200. The number of amides is 1. The Morgan fingerprint density at radius 3 is 2.37 bits per heavy atom. The zero-order chi connectivity index (χ0) is 14.7. The molecule has 0 bridgehead atoms. The van der Waals surface area contributed by atoms with E-state index >= 15 is 0 Å². The summed E-state index contributed by atoms with van der Waals surface area (Å²) in [7, 11) is 0. The number of nitrogens with one attached hydrogen (secondary N) is 1. The third-order valence-electron chi connectivity index (χ3n) is 1.92. The average Bonchev–Trinajstić information content (AvgIpc) is 2.28. The van der Waals surface area contributed by atoms with E-state index in [0.29, 0.717) is 0 Å². The van der Waals surface area contributed by atoms with Crippen molar-refractivity contribution in [2.75, 3.05) is 5.32 Å². The molecule has 0 aliphatic heterocycles. The Morgan fingerprint density at radius 2 is 1.89 bits per heavy atom. The number of anilines is 1. The molecule has 19 heavy (non-hydrogen) atoms. The largest absolute Gasteiger partial charge is 0.464 e. The molecular weight excluding hydrogens is 291 g/mol. The third-order valence-corrected chi connectivity index (χ3v) is 2.97. The minimum atomic E-state index is -5.74. The Bertz CT molecular complexity index is 524. The Kier molecular flexibility index (Phi) is 4.36. The molecule has 3 nitrogen and oxygen atoms in total. The second-order valence-electron chi connectivity index (χ2n) is 3.17. The molecule has 1 aromatic carbocycles. The molecule has 0 unspecified atom stereocenters. The summed E-state index contributed by atoms with van der Waals surface area (Å²) >= 11 is -0.793. The predicted octanol–water partition coefficient (Wildman–Crippen LogP) is 3.37. The van der Waals surface area contributed by atoms with Crippen molar-refractivity contribution in [1.29, 1.82) is 5.26 Å². The van der Waals surface area contributed by atoms with Crippen LogP contribution in [0.3, 0.4) is 0 Å². The van der Waals surface area contributed by atoms with Gasteiger partial charge in [-0.25, -0.2) is 0 Å². The van der Waals surface area contributed by atoms with Crippen LogP contribution in [0.5, 0.6) is 0 Å². The van der Waals surface area contributed by atoms with E-state index in [0.717, 1.165) is 12.1 Å². The van der Waals surface area contributed by atoms with Crippen molar-refractivity contribution in [1.82, 2.24) is 0 Å². The van der Waals surface area contributed by atoms with E-state index in [1.807, 2.05) is 5.32 Å². The maximum Gasteiger partial charge on any atom is 0.464 e. The molecule has 0 spiro atoms. The summed E-state index contributed by atoms with van der Waals surface area (Å²) in [5.41, 5.74) is -0.594. The number of carbonyl (C=O) groups excluding carboxylic acids is 1. The lowest BCUT2D eigenvalue weighted by molar-refractivity contribution is -0.237. The lowest BCUT2D eigenvalue weighted by Gasteiger charge is -2.19. The quantitative estimate of drug-likeness (QED) is 0.526. The summed E-state index contributed by atoms with van der Waals surface area (Å²) in [5.74, 6) is 0. The van der Waals surface area contributed by atoms with Crippen LogP contribution in [-0.4, -0.2) is 17.8 Å². The Balaban J connectivity index is 3.19. The highest BCUT2D eigenvalue weighted by atomic mass is 32.2. The van der Waals surface area contributed by atoms with Gasteiger partial charge in [0.05, 0.1) is 11.3 Å². The second-order valence-corrected chi connectivity index (χ2v) is 4.33. The first-order valence-electron chi connectivity index (χ1n) is 4.60. The van der Waals surface area contributed by atoms with Crippen molar-refractivity contribution in [3.63, 3.8) is 0 Å². The number of nitriles is 1. The maximum absolute atomic E-state index is 12.9. The smallest absolute Gasteiger partial charge is 0.328 e. The van der Waals surface area contributed by atoms with Crippen LogP contribution in [0.1, 0.15) is 5.56 Å². The van der Waals surface area contributed by atoms with Crippen molar-refractivity contribution < 1.29 is 26.7 Å². The van der Waals surface area contributed by atoms with E-state index in [9.17, 15) is 26.7 Å². The maximum atomic E-state index is 12.9. The first kappa shape index (κ1) is 15.2. The highest BCUT2D eigenvalue weighted by Gasteiger charge is 2.58. The molecule has 102 valence electrons. The summed E-state index contributed by atoms with van der Waals surface area (Å²) in [5, 5.41) is 5.80. The lowest BCUT2D eigenvalue weighted by atomic mass is 10.2. The molecule has 0 heterocycles. The van der Waals surface area contributed by atoms with Gasteiger partial charge in [0, 0.05) is 4.90 Å². The van der Waals surface area contributed by atoms with Gasteiger partial charge < -0.3 is 5.32 Å². The van der Waals surface area contributed by atoms with Crippen molar-refractivity contribution in [3.8, 4) is 6.07 Å². The standard InChI is InChI=1S/C10H5F5N2OS/c11-9(12,13)10(14,15)19-8-3-1-2-7(17-5-18)6(8)4-16/h1-3,5H,(H,17,18). The summed E-state index contributed by atoms with van der Waals surface area (Å²) in [6.07, 6.45) is -5.55. The van der Waals surface area contributed by atoms with Crippen LogP contribution in [0.4, 0.5) is 27.6 Å². The van der Waals surface area contributed by atoms with Crippen LogP contribution in [0.25, 0.3) is 0 Å². The van der Waals surface area contributed by atoms with Gasteiger partial charge in [-0.1, -0.05) is 6.07 Å². The number of halogens is 5. The van der Waals surface area contributed by atoms with Crippen molar-refractivity contribution in [2.24, 2.45) is 0 Å². The number of alkyl halides is 5. The summed E-state index contributed by atoms with van der Waals surface area (Å²) in [6, 6.07) is 4.79. The Hall–Kier alpha value is -1.82. The number of hydrogen-bond donors (Lipinski definition) is 1. The van der Waals surface area contributed by atoms with Gasteiger partial charge in [-0.15, -0.1) is 0 Å². The monoisotopic (exact) mass is 296 g/mol. The number of nitrogens with zero attached hydrogens (tertiary/aromatic N) is 1. The number of rotatable bonds is 4. The Labute approximate surface area is 108 Å². The van der Waals surface area contributed by atoms with Gasteiger partial charge in [0.15, 0.2) is 0 Å². The van der Waals surface area contributed by atoms with Gasteiger partial charge in [0.25, 0.3) is 0 Å². The van der Waals surface area contributed by atoms with Gasteiger partial charge in [-0.3, -0.25) is 4.79 Å². The molecule has 0 fully saturated rings. The van der Waals surface area contributed by atoms with Crippen molar-refractivity contribution >= 4 is 23.9 Å². The SMILES string of the molecule is N#Cc1c(NC=O)cccc1SC(F)(F)C(F)(F)F. The van der Waals surface area contributed by atoms with Gasteiger partial charge in [-0.05, 0) is 23.9 Å². The zero-order valence-corrected chi connectivity index (χ0v) is 9.78. The molecule has 1 rings (SSSR count). The molecule has 0 saturated carbocycles. The van der Waals surface area contributed by atoms with E-state index in [-0.39, 0.29) is 12.1 Å². The number of benzene rings is 1. The minimum absolute atomic E-state index is 0.138. The Morgan fingerprint density at radius 1 is 1.26 bits per heavy atom. The molecule has 0 radical (unpaired) electrons. The molecule has 1 aromatic rings. The molecule has 0 atom stereocenters. The summed E-state index contributed by atoms with van der Waals surface area (Å²) in [6.45, 7) is 0. The third kappa shape index (κ3) is 3.35. The van der Waals surface area contributed by atoms with E-state index in [4.69, 9.17) is 5.26 Å². The van der Waals surface area contributed by atoms with Gasteiger partial charge in [0.1, 0.15) is 6.07 Å². The van der Waals surface area contributed by atoms with Gasteiger partial charge in [0.2, 0.25) is 6.41 Å². The van der Waals surface area contributed by atoms with E-state index in [2.05, 4.69) is 0 Å².